The van der Waals surface area contributed by atoms with Gasteiger partial charge in [0.1, 0.15) is 0 Å². The van der Waals surface area contributed by atoms with Gasteiger partial charge in [-0.25, -0.2) is 8.42 Å². The summed E-state index contributed by atoms with van der Waals surface area (Å²) in [6, 6.07) is 16.0. The lowest BCUT2D eigenvalue weighted by atomic mass is 10.1. The molecule has 3 N–H and O–H groups in total. The van der Waals surface area contributed by atoms with Crippen LogP contribution in [0.4, 0.5) is 11.4 Å². The van der Waals surface area contributed by atoms with Gasteiger partial charge in [-0.2, -0.15) is 0 Å². The van der Waals surface area contributed by atoms with Gasteiger partial charge in [-0.15, -0.1) is 0 Å². The minimum Gasteiger partial charge on any atom is -0.332 e. The smallest absolute Gasteiger partial charge is 0.261 e. The predicted molar refractivity (Wildman–Crippen MR) is 133 cm³/mol. The maximum absolute atomic E-state index is 12.8. The zero-order chi connectivity index (χ0) is 23.5. The van der Waals surface area contributed by atoms with Crippen LogP contribution in [0.15, 0.2) is 65.6 Å². The number of benzene rings is 3. The van der Waals surface area contributed by atoms with Gasteiger partial charge >= 0.3 is 0 Å². The lowest BCUT2D eigenvalue weighted by molar-refractivity contribution is 0.0977. The SMILES string of the molecule is Cc1cccc(C)c1NS(=O)(=O)c1ccc(NC(=S)NC(=O)c2cc(Cl)cc(Cl)c2)cc1. The summed E-state index contributed by atoms with van der Waals surface area (Å²) < 4.78 is 28.2. The van der Waals surface area contributed by atoms with Gasteiger partial charge in [-0.3, -0.25) is 14.8 Å². The third-order valence-electron chi connectivity index (χ3n) is 4.49. The molecule has 1 amide bonds. The third kappa shape index (κ3) is 5.98. The molecular weight excluding hydrogens is 489 g/mol. The van der Waals surface area contributed by atoms with E-state index in [-0.39, 0.29) is 15.6 Å². The number of halogens is 2. The number of aryl methyl sites for hydroxylation is 2. The first-order valence-corrected chi connectivity index (χ1v) is 12.0. The van der Waals surface area contributed by atoms with E-state index in [1.807, 2.05) is 32.0 Å². The van der Waals surface area contributed by atoms with Crippen LogP contribution in [0.25, 0.3) is 0 Å². The summed E-state index contributed by atoms with van der Waals surface area (Å²) >= 11 is 17.0. The van der Waals surface area contributed by atoms with E-state index < -0.39 is 15.9 Å². The molecule has 3 aromatic carbocycles. The van der Waals surface area contributed by atoms with Crippen LogP contribution in [0.2, 0.25) is 10.0 Å². The quantitative estimate of drug-likeness (QED) is 0.394. The van der Waals surface area contributed by atoms with E-state index in [0.717, 1.165) is 11.1 Å². The Kier molecular flexibility index (Phi) is 7.40. The van der Waals surface area contributed by atoms with Crippen molar-refractivity contribution in [1.29, 1.82) is 0 Å². The van der Waals surface area contributed by atoms with Crippen LogP contribution in [-0.2, 0) is 10.0 Å². The number of amides is 1. The summed E-state index contributed by atoms with van der Waals surface area (Å²) in [6.45, 7) is 3.68. The minimum atomic E-state index is -3.77. The van der Waals surface area contributed by atoms with E-state index in [2.05, 4.69) is 15.4 Å². The summed E-state index contributed by atoms with van der Waals surface area (Å²) in [5.41, 5.74) is 2.97. The molecule has 0 heterocycles. The summed E-state index contributed by atoms with van der Waals surface area (Å²) in [7, 11) is -3.77. The lowest BCUT2D eigenvalue weighted by Crippen LogP contribution is -2.34. The molecule has 0 aliphatic rings. The number of rotatable bonds is 5. The van der Waals surface area contributed by atoms with E-state index in [1.54, 1.807) is 12.1 Å². The molecular formula is C22H19Cl2N3O3S2. The van der Waals surface area contributed by atoms with Crippen LogP contribution in [0, 0.1) is 13.8 Å². The second-order valence-corrected chi connectivity index (χ2v) is 9.93. The Labute approximate surface area is 202 Å². The highest BCUT2D eigenvalue weighted by Crippen LogP contribution is 2.24. The third-order valence-corrected chi connectivity index (χ3v) is 6.50. The molecule has 0 fully saturated rings. The van der Waals surface area contributed by atoms with Crippen molar-refractivity contribution < 1.29 is 13.2 Å². The number of hydrogen-bond acceptors (Lipinski definition) is 4. The van der Waals surface area contributed by atoms with Crippen molar-refractivity contribution in [3.63, 3.8) is 0 Å². The van der Waals surface area contributed by atoms with Crippen molar-refractivity contribution in [3.05, 3.63) is 87.4 Å². The van der Waals surface area contributed by atoms with Crippen LogP contribution >= 0.6 is 35.4 Å². The first kappa shape index (κ1) is 24.0. The molecule has 0 saturated heterocycles. The topological polar surface area (TPSA) is 87.3 Å². The van der Waals surface area contributed by atoms with Crippen LogP contribution in [0.5, 0.6) is 0 Å². The van der Waals surface area contributed by atoms with Crippen LogP contribution in [0.3, 0.4) is 0 Å². The van der Waals surface area contributed by atoms with Crippen molar-refractivity contribution in [2.75, 3.05) is 10.0 Å². The van der Waals surface area contributed by atoms with Crippen molar-refractivity contribution in [1.82, 2.24) is 5.32 Å². The van der Waals surface area contributed by atoms with Crippen molar-refractivity contribution >= 4 is 67.8 Å². The number of carbonyl (C=O) groups is 1. The van der Waals surface area contributed by atoms with Gasteiger partial charge in [-0.05, 0) is 79.7 Å². The predicted octanol–water partition coefficient (Wildman–Crippen LogP) is 5.54. The molecule has 0 atom stereocenters. The Morgan fingerprint density at radius 2 is 1.47 bits per heavy atom. The van der Waals surface area contributed by atoms with Crippen LogP contribution in [-0.4, -0.2) is 19.4 Å². The Bertz CT molecular complexity index is 1250. The zero-order valence-electron chi connectivity index (χ0n) is 17.1. The molecule has 0 aromatic heterocycles. The fourth-order valence-corrected chi connectivity index (χ4v) is 4.85. The molecule has 0 bridgehead atoms. The van der Waals surface area contributed by atoms with Gasteiger partial charge in [0.15, 0.2) is 5.11 Å². The average Bonchev–Trinajstić information content (AvgIpc) is 2.70. The normalized spacial score (nSPS) is 11.0. The zero-order valence-corrected chi connectivity index (χ0v) is 20.2. The Balaban J connectivity index is 1.67. The molecule has 0 aliphatic heterocycles. The first-order chi connectivity index (χ1) is 15.0. The number of hydrogen-bond donors (Lipinski definition) is 3. The van der Waals surface area contributed by atoms with Crippen molar-refractivity contribution in [3.8, 4) is 0 Å². The monoisotopic (exact) mass is 507 g/mol. The average molecular weight is 508 g/mol. The van der Waals surface area contributed by atoms with E-state index in [4.69, 9.17) is 35.4 Å². The minimum absolute atomic E-state index is 0.0374. The van der Waals surface area contributed by atoms with Gasteiger partial charge < -0.3 is 5.32 Å². The second kappa shape index (κ2) is 9.87. The highest BCUT2D eigenvalue weighted by molar-refractivity contribution is 7.92. The van der Waals surface area contributed by atoms with Gasteiger partial charge in [0, 0.05) is 21.3 Å². The van der Waals surface area contributed by atoms with Gasteiger partial charge in [0.2, 0.25) is 0 Å². The molecule has 0 unspecified atom stereocenters. The fraction of sp³-hybridized carbons (Fsp3) is 0.0909. The molecule has 0 aliphatic carbocycles. The number of anilines is 2. The standard InChI is InChI=1S/C22H19Cl2N3O3S2/c1-13-4-3-5-14(2)20(13)27-32(29,30)19-8-6-18(7-9-19)25-22(31)26-21(28)15-10-16(23)12-17(24)11-15/h3-12,27H,1-2H3,(H2,25,26,28,31). The number of sulfonamides is 1. The molecule has 0 radical (unpaired) electrons. The maximum Gasteiger partial charge on any atom is 0.261 e. The molecule has 0 saturated carbocycles. The van der Waals surface area contributed by atoms with Crippen LogP contribution < -0.4 is 15.4 Å². The molecule has 10 heteroatoms. The number of carbonyl (C=O) groups excluding carboxylic acids is 1. The van der Waals surface area contributed by atoms with E-state index in [1.165, 1.54) is 30.3 Å². The summed E-state index contributed by atoms with van der Waals surface area (Å²) in [4.78, 5) is 12.4. The second-order valence-electron chi connectivity index (χ2n) is 6.96. The summed E-state index contributed by atoms with van der Waals surface area (Å²) in [6.07, 6.45) is 0. The fourth-order valence-electron chi connectivity index (χ4n) is 2.91. The summed E-state index contributed by atoms with van der Waals surface area (Å²) in [5.74, 6) is -0.483. The molecule has 166 valence electrons. The van der Waals surface area contributed by atoms with E-state index in [9.17, 15) is 13.2 Å². The van der Waals surface area contributed by atoms with Crippen molar-refractivity contribution in [2.45, 2.75) is 18.7 Å². The molecule has 3 aromatic rings. The Morgan fingerprint density at radius 1 is 0.906 bits per heavy atom. The maximum atomic E-state index is 12.8. The highest BCUT2D eigenvalue weighted by atomic mass is 35.5. The van der Waals surface area contributed by atoms with Crippen LogP contribution in [0.1, 0.15) is 21.5 Å². The number of thiocarbonyl (C=S) groups is 1. The molecule has 32 heavy (non-hydrogen) atoms. The van der Waals surface area contributed by atoms with Gasteiger partial charge in [0.25, 0.3) is 15.9 Å². The molecule has 6 nitrogen and oxygen atoms in total. The number of para-hydroxylation sites is 1. The molecule has 3 rings (SSSR count). The summed E-state index contributed by atoms with van der Waals surface area (Å²) in [5, 5.41) is 6.05. The largest absolute Gasteiger partial charge is 0.332 e. The van der Waals surface area contributed by atoms with Gasteiger partial charge in [-0.1, -0.05) is 41.4 Å². The Morgan fingerprint density at radius 3 is 2.03 bits per heavy atom. The first-order valence-electron chi connectivity index (χ1n) is 9.33. The van der Waals surface area contributed by atoms with E-state index >= 15 is 0 Å². The Hall–Kier alpha value is -2.65. The van der Waals surface area contributed by atoms with Gasteiger partial charge in [0.05, 0.1) is 10.6 Å². The highest BCUT2D eigenvalue weighted by Gasteiger charge is 2.17. The number of nitrogens with one attached hydrogen (secondary N) is 3. The van der Waals surface area contributed by atoms with E-state index in [0.29, 0.717) is 21.4 Å². The van der Waals surface area contributed by atoms with Crippen molar-refractivity contribution in [2.24, 2.45) is 0 Å². The lowest BCUT2D eigenvalue weighted by Gasteiger charge is -2.14. The molecule has 0 spiro atoms.